The Labute approximate surface area is 193 Å². The van der Waals surface area contributed by atoms with Crippen LogP contribution in [-0.2, 0) is 12.8 Å². The van der Waals surface area contributed by atoms with Crippen LogP contribution in [0.5, 0.6) is 0 Å². The van der Waals surface area contributed by atoms with Gasteiger partial charge in [-0.3, -0.25) is 4.98 Å². The molecule has 2 N–H and O–H groups in total. The first-order chi connectivity index (χ1) is 15.7. The van der Waals surface area contributed by atoms with E-state index in [2.05, 4.69) is 60.2 Å². The minimum absolute atomic E-state index is 0.158. The minimum atomic E-state index is 0.158. The van der Waals surface area contributed by atoms with Gasteiger partial charge >= 0.3 is 0 Å². The molecule has 0 amide bonds. The van der Waals surface area contributed by atoms with Crippen molar-refractivity contribution in [3.63, 3.8) is 0 Å². The monoisotopic (exact) mass is 429 g/mol. The predicted molar refractivity (Wildman–Crippen MR) is 136 cm³/mol. The lowest BCUT2D eigenvalue weighted by Gasteiger charge is -2.41. The van der Waals surface area contributed by atoms with Gasteiger partial charge in [0.25, 0.3) is 0 Å². The number of unbranched alkanes of at least 4 members (excludes halogenated alkanes) is 1. The molecule has 0 aliphatic heterocycles. The van der Waals surface area contributed by atoms with Crippen LogP contribution in [0.25, 0.3) is 10.9 Å². The van der Waals surface area contributed by atoms with Crippen LogP contribution in [0.2, 0.25) is 0 Å². The number of benzene rings is 1. The number of pyridine rings is 1. The third kappa shape index (κ3) is 4.82. The quantitative estimate of drug-likeness (QED) is 0.315. The Morgan fingerprint density at radius 2 is 1.78 bits per heavy atom. The first-order valence-corrected chi connectivity index (χ1v) is 12.7. The third-order valence-corrected chi connectivity index (χ3v) is 7.76. The van der Waals surface area contributed by atoms with Gasteiger partial charge in [-0.1, -0.05) is 51.3 Å². The van der Waals surface area contributed by atoms with Crippen molar-refractivity contribution in [1.82, 2.24) is 9.97 Å². The van der Waals surface area contributed by atoms with E-state index in [1.165, 1.54) is 72.7 Å². The molecule has 0 radical (unpaired) electrons. The molecule has 2 heterocycles. The Morgan fingerprint density at radius 3 is 2.50 bits per heavy atom. The van der Waals surface area contributed by atoms with Crippen LogP contribution in [0.1, 0.15) is 94.4 Å². The molecule has 3 nitrogen and oxygen atoms in total. The maximum absolute atomic E-state index is 8.86. The summed E-state index contributed by atoms with van der Waals surface area (Å²) in [6, 6.07) is 13.1. The van der Waals surface area contributed by atoms with E-state index < -0.39 is 0 Å². The summed E-state index contributed by atoms with van der Waals surface area (Å²) in [4.78, 5) is 8.00. The molecule has 170 valence electrons. The number of para-hydroxylation sites is 1. The standard InChI is InChI=1S/C29H39N3/c1-3-5-17-29(27(30)8-4-2)18-13-23(14-19-29)28-25(12-11-22-15-20-31-21-16-22)24-9-6-7-10-26(24)32-28/h6-7,9-10,15-16,20-21,23,30,32H,3-5,8,11-14,17-19H2,1-2H3. The van der Waals surface area contributed by atoms with Crippen molar-refractivity contribution in [3.05, 3.63) is 65.6 Å². The van der Waals surface area contributed by atoms with Crippen molar-refractivity contribution in [3.8, 4) is 0 Å². The highest BCUT2D eigenvalue weighted by Gasteiger charge is 2.39. The number of rotatable bonds is 10. The van der Waals surface area contributed by atoms with E-state index in [1.54, 1.807) is 0 Å². The summed E-state index contributed by atoms with van der Waals surface area (Å²) in [5.41, 5.74) is 6.78. The molecule has 1 aliphatic carbocycles. The van der Waals surface area contributed by atoms with Gasteiger partial charge in [-0.05, 0) is 86.6 Å². The van der Waals surface area contributed by atoms with Gasteiger partial charge in [0.15, 0.2) is 0 Å². The van der Waals surface area contributed by atoms with Crippen molar-refractivity contribution < 1.29 is 0 Å². The number of fused-ring (bicyclic) bond motifs is 1. The van der Waals surface area contributed by atoms with Crippen LogP contribution >= 0.6 is 0 Å². The second-order valence-electron chi connectivity index (χ2n) is 9.80. The van der Waals surface area contributed by atoms with Gasteiger partial charge in [0, 0.05) is 40.1 Å². The summed E-state index contributed by atoms with van der Waals surface area (Å²) in [6.45, 7) is 4.50. The third-order valence-electron chi connectivity index (χ3n) is 7.76. The molecular weight excluding hydrogens is 390 g/mol. The zero-order valence-corrected chi connectivity index (χ0v) is 19.9. The Balaban J connectivity index is 1.56. The second kappa shape index (κ2) is 10.5. The van der Waals surface area contributed by atoms with Crippen molar-refractivity contribution in [1.29, 1.82) is 5.41 Å². The van der Waals surface area contributed by atoms with E-state index in [0.717, 1.165) is 31.4 Å². The van der Waals surface area contributed by atoms with Crippen molar-refractivity contribution >= 4 is 16.6 Å². The average Bonchev–Trinajstić information content (AvgIpc) is 3.21. The lowest BCUT2D eigenvalue weighted by atomic mass is 9.64. The fourth-order valence-corrected chi connectivity index (χ4v) is 5.85. The number of hydrogen-bond donors (Lipinski definition) is 2. The van der Waals surface area contributed by atoms with Crippen LogP contribution in [-0.4, -0.2) is 15.7 Å². The number of aryl methyl sites for hydroxylation is 2. The van der Waals surface area contributed by atoms with Gasteiger partial charge in [-0.15, -0.1) is 0 Å². The lowest BCUT2D eigenvalue weighted by molar-refractivity contribution is 0.232. The molecule has 0 atom stereocenters. The predicted octanol–water partition coefficient (Wildman–Crippen LogP) is 8.00. The molecule has 1 aromatic carbocycles. The molecule has 0 unspecified atom stereocenters. The first-order valence-electron chi connectivity index (χ1n) is 12.7. The summed E-state index contributed by atoms with van der Waals surface area (Å²) < 4.78 is 0. The molecule has 0 saturated heterocycles. The number of nitrogens with one attached hydrogen (secondary N) is 2. The number of H-pyrrole nitrogens is 1. The number of hydrogen-bond acceptors (Lipinski definition) is 2. The van der Waals surface area contributed by atoms with Crippen LogP contribution < -0.4 is 0 Å². The highest BCUT2D eigenvalue weighted by atomic mass is 14.7. The summed E-state index contributed by atoms with van der Waals surface area (Å²) in [6.07, 6.45) is 16.4. The van der Waals surface area contributed by atoms with E-state index >= 15 is 0 Å². The topological polar surface area (TPSA) is 52.5 Å². The van der Waals surface area contributed by atoms with E-state index in [1.807, 2.05) is 12.4 Å². The molecule has 0 spiro atoms. The minimum Gasteiger partial charge on any atom is -0.358 e. The van der Waals surface area contributed by atoms with Crippen molar-refractivity contribution in [2.45, 2.75) is 90.4 Å². The van der Waals surface area contributed by atoms with E-state index in [0.29, 0.717) is 5.92 Å². The fraction of sp³-hybridized carbons (Fsp3) is 0.517. The molecule has 0 bridgehead atoms. The number of aromatic nitrogens is 2. The smallest absolute Gasteiger partial charge is 0.0459 e. The van der Waals surface area contributed by atoms with Crippen LogP contribution in [0, 0.1) is 10.8 Å². The van der Waals surface area contributed by atoms with Gasteiger partial charge in [0.2, 0.25) is 0 Å². The summed E-state index contributed by atoms with van der Waals surface area (Å²) in [7, 11) is 0. The summed E-state index contributed by atoms with van der Waals surface area (Å²) in [5, 5.41) is 10.2. The molecule has 32 heavy (non-hydrogen) atoms. The van der Waals surface area contributed by atoms with Crippen LogP contribution in [0.15, 0.2) is 48.8 Å². The highest BCUT2D eigenvalue weighted by Crippen LogP contribution is 2.48. The van der Waals surface area contributed by atoms with Crippen molar-refractivity contribution in [2.24, 2.45) is 5.41 Å². The molecule has 4 rings (SSSR count). The van der Waals surface area contributed by atoms with E-state index in [4.69, 9.17) is 5.41 Å². The van der Waals surface area contributed by atoms with Gasteiger partial charge in [-0.2, -0.15) is 0 Å². The summed E-state index contributed by atoms with van der Waals surface area (Å²) >= 11 is 0. The average molecular weight is 430 g/mol. The van der Waals surface area contributed by atoms with Gasteiger partial charge in [0.1, 0.15) is 0 Å². The maximum Gasteiger partial charge on any atom is 0.0459 e. The molecule has 1 saturated carbocycles. The van der Waals surface area contributed by atoms with Gasteiger partial charge in [-0.25, -0.2) is 0 Å². The summed E-state index contributed by atoms with van der Waals surface area (Å²) in [5.74, 6) is 0.582. The molecule has 3 heteroatoms. The van der Waals surface area contributed by atoms with Gasteiger partial charge in [0.05, 0.1) is 0 Å². The highest BCUT2D eigenvalue weighted by molar-refractivity contribution is 5.88. The zero-order valence-electron chi connectivity index (χ0n) is 19.9. The molecular formula is C29H39N3. The molecule has 1 aliphatic rings. The van der Waals surface area contributed by atoms with Crippen LogP contribution in [0.3, 0.4) is 0 Å². The molecule has 2 aromatic heterocycles. The van der Waals surface area contributed by atoms with Gasteiger partial charge < -0.3 is 10.4 Å². The first kappa shape index (κ1) is 22.8. The number of aromatic amines is 1. The maximum atomic E-state index is 8.86. The number of nitrogens with zero attached hydrogens (tertiary/aromatic N) is 1. The lowest BCUT2D eigenvalue weighted by Crippen LogP contribution is -2.35. The second-order valence-corrected chi connectivity index (χ2v) is 9.80. The molecule has 3 aromatic rings. The Hall–Kier alpha value is -2.42. The Morgan fingerprint density at radius 1 is 1.03 bits per heavy atom. The van der Waals surface area contributed by atoms with E-state index in [-0.39, 0.29) is 5.41 Å². The molecule has 1 fully saturated rings. The SMILES string of the molecule is CCCCC1(C(=N)CCC)CCC(c2[nH]c3ccccc3c2CCc2ccncc2)CC1. The Kier molecular flexibility index (Phi) is 7.44. The van der Waals surface area contributed by atoms with E-state index in [9.17, 15) is 0 Å². The fourth-order valence-electron chi connectivity index (χ4n) is 5.85. The Bertz CT molecular complexity index is 1010. The largest absolute Gasteiger partial charge is 0.358 e. The van der Waals surface area contributed by atoms with Crippen molar-refractivity contribution in [2.75, 3.05) is 0 Å². The normalized spacial score (nSPS) is 21.1. The zero-order chi connectivity index (χ0) is 22.4. The van der Waals surface area contributed by atoms with Crippen LogP contribution in [0.4, 0.5) is 0 Å².